The van der Waals surface area contributed by atoms with E-state index in [2.05, 4.69) is 73.7 Å². The number of rotatable bonds is 2. The topological polar surface area (TPSA) is 0 Å². The van der Waals surface area contributed by atoms with Gasteiger partial charge in [0.1, 0.15) is 0 Å². The molecular formula is C20H16S2. The predicted molar refractivity (Wildman–Crippen MR) is 100 cm³/mol. The summed E-state index contributed by atoms with van der Waals surface area (Å²) in [5.74, 6) is 0. The zero-order valence-electron chi connectivity index (χ0n) is 12.4. The average Bonchev–Trinajstić information content (AvgIpc) is 3.10. The van der Waals surface area contributed by atoms with Gasteiger partial charge in [0, 0.05) is 19.5 Å². The lowest BCUT2D eigenvalue weighted by atomic mass is 10.00. The van der Waals surface area contributed by atoms with Crippen molar-refractivity contribution in [2.75, 3.05) is 0 Å². The highest BCUT2D eigenvalue weighted by Gasteiger charge is 2.11. The molecule has 4 rings (SSSR count). The largest absolute Gasteiger partial charge is 0.140 e. The zero-order chi connectivity index (χ0) is 14.9. The van der Waals surface area contributed by atoms with E-state index in [1.54, 1.807) is 0 Å². The Bertz CT molecular complexity index is 875. The molecule has 108 valence electrons. The van der Waals surface area contributed by atoms with Crippen LogP contribution in [-0.2, 0) is 0 Å². The lowest BCUT2D eigenvalue weighted by Gasteiger charge is -2.07. The van der Waals surface area contributed by atoms with Gasteiger partial charge in [0.2, 0.25) is 0 Å². The van der Waals surface area contributed by atoms with Crippen LogP contribution in [0.5, 0.6) is 0 Å². The molecule has 2 heteroatoms. The van der Waals surface area contributed by atoms with Gasteiger partial charge in [0.25, 0.3) is 0 Å². The molecule has 0 spiro atoms. The summed E-state index contributed by atoms with van der Waals surface area (Å²) in [6, 6.07) is 15.5. The molecule has 2 heterocycles. The van der Waals surface area contributed by atoms with Gasteiger partial charge in [0.15, 0.2) is 0 Å². The van der Waals surface area contributed by atoms with E-state index in [1.165, 1.54) is 36.2 Å². The van der Waals surface area contributed by atoms with Gasteiger partial charge in [-0.25, -0.2) is 0 Å². The Morgan fingerprint density at radius 3 is 2.41 bits per heavy atom. The van der Waals surface area contributed by atoms with Gasteiger partial charge >= 0.3 is 0 Å². The number of fused-ring (bicyclic) bond motifs is 1. The molecule has 22 heavy (non-hydrogen) atoms. The third kappa shape index (κ3) is 2.49. The van der Waals surface area contributed by atoms with Crippen molar-refractivity contribution in [1.82, 2.24) is 0 Å². The second-order valence-electron chi connectivity index (χ2n) is 5.42. The maximum Gasteiger partial charge on any atom is 0.0449 e. The van der Waals surface area contributed by atoms with Gasteiger partial charge < -0.3 is 0 Å². The van der Waals surface area contributed by atoms with Crippen LogP contribution in [0.1, 0.15) is 22.4 Å². The summed E-state index contributed by atoms with van der Waals surface area (Å²) in [6.07, 6.45) is 9.97. The number of allylic oxidation sites excluding steroid dienone is 2. The second kappa shape index (κ2) is 5.71. The average molecular weight is 320 g/mol. The summed E-state index contributed by atoms with van der Waals surface area (Å²) in [4.78, 5) is 5.44. The monoisotopic (exact) mass is 320 g/mol. The van der Waals surface area contributed by atoms with Crippen LogP contribution in [0.3, 0.4) is 0 Å². The molecule has 0 nitrogen and oxygen atoms in total. The normalized spacial score (nSPS) is 13.1. The lowest BCUT2D eigenvalue weighted by Crippen LogP contribution is -1.84. The summed E-state index contributed by atoms with van der Waals surface area (Å²) in [7, 11) is 0. The minimum absolute atomic E-state index is 1.01. The van der Waals surface area contributed by atoms with E-state index in [0.29, 0.717) is 0 Å². The number of hydrogen-bond acceptors (Lipinski definition) is 2. The van der Waals surface area contributed by atoms with Gasteiger partial charge in [-0.2, -0.15) is 0 Å². The molecule has 1 aromatic carbocycles. The fraction of sp³-hybridized carbons (Fsp3) is 0.100. The van der Waals surface area contributed by atoms with E-state index in [-0.39, 0.29) is 0 Å². The van der Waals surface area contributed by atoms with Crippen molar-refractivity contribution in [2.24, 2.45) is 0 Å². The molecule has 2 aromatic heterocycles. The standard InChI is InChI=1S/C20H16S2/c1-14-10-11-19(21-14)20-13-12-18(22-20)17-9-5-7-15-6-3-2-4-8-16(15)17/h3-13H,2H2,1H3. The van der Waals surface area contributed by atoms with Crippen LogP contribution in [0.25, 0.3) is 32.3 Å². The summed E-state index contributed by atoms with van der Waals surface area (Å²) in [6.45, 7) is 2.16. The van der Waals surface area contributed by atoms with Crippen LogP contribution in [-0.4, -0.2) is 0 Å². The van der Waals surface area contributed by atoms with Gasteiger partial charge in [-0.1, -0.05) is 42.5 Å². The van der Waals surface area contributed by atoms with Crippen molar-refractivity contribution in [2.45, 2.75) is 13.3 Å². The van der Waals surface area contributed by atoms with Crippen LogP contribution < -0.4 is 0 Å². The first-order valence-electron chi connectivity index (χ1n) is 7.44. The van der Waals surface area contributed by atoms with E-state index in [4.69, 9.17) is 0 Å². The van der Waals surface area contributed by atoms with Gasteiger partial charge in [-0.3, -0.25) is 0 Å². The molecule has 1 aliphatic rings. The summed E-state index contributed by atoms with van der Waals surface area (Å²) >= 11 is 3.75. The quantitative estimate of drug-likeness (QED) is 0.482. The highest BCUT2D eigenvalue weighted by atomic mass is 32.1. The molecule has 0 aliphatic heterocycles. The Morgan fingerprint density at radius 1 is 0.773 bits per heavy atom. The maximum atomic E-state index is 2.26. The molecular weight excluding hydrogens is 304 g/mol. The maximum absolute atomic E-state index is 2.26. The van der Waals surface area contributed by atoms with Gasteiger partial charge in [-0.05, 0) is 54.3 Å². The molecule has 3 aromatic rings. The van der Waals surface area contributed by atoms with Crippen molar-refractivity contribution in [3.05, 3.63) is 70.6 Å². The van der Waals surface area contributed by atoms with Crippen molar-refractivity contribution >= 4 is 34.8 Å². The number of thiophene rings is 2. The second-order valence-corrected chi connectivity index (χ2v) is 7.79. The van der Waals surface area contributed by atoms with Crippen LogP contribution in [0, 0.1) is 6.92 Å². The number of benzene rings is 1. The third-order valence-electron chi connectivity index (χ3n) is 3.85. The molecule has 0 fully saturated rings. The van der Waals surface area contributed by atoms with E-state index in [1.807, 2.05) is 22.7 Å². The van der Waals surface area contributed by atoms with Crippen molar-refractivity contribution in [3.63, 3.8) is 0 Å². The van der Waals surface area contributed by atoms with Crippen LogP contribution in [0.15, 0.2) is 54.6 Å². The Labute approximate surface area is 139 Å². The SMILES string of the molecule is Cc1ccc(-c2ccc(-c3cccc4c3C=CCC=C4)s2)s1. The minimum atomic E-state index is 1.01. The molecule has 0 unspecified atom stereocenters. The van der Waals surface area contributed by atoms with Crippen molar-refractivity contribution < 1.29 is 0 Å². The van der Waals surface area contributed by atoms with E-state index in [9.17, 15) is 0 Å². The molecule has 1 aliphatic carbocycles. The molecule has 0 radical (unpaired) electrons. The first-order chi connectivity index (χ1) is 10.8. The van der Waals surface area contributed by atoms with Crippen LogP contribution in [0.4, 0.5) is 0 Å². The number of aryl methyl sites for hydroxylation is 1. The summed E-state index contributed by atoms with van der Waals surface area (Å²) < 4.78 is 0. The summed E-state index contributed by atoms with van der Waals surface area (Å²) in [5, 5.41) is 0. The first kappa shape index (κ1) is 13.7. The van der Waals surface area contributed by atoms with E-state index >= 15 is 0 Å². The molecule has 0 atom stereocenters. The molecule has 0 N–H and O–H groups in total. The summed E-state index contributed by atoms with van der Waals surface area (Å²) in [5.41, 5.74) is 3.99. The Hall–Kier alpha value is -1.90. The predicted octanol–water partition coefficient (Wildman–Crippen LogP) is 6.88. The van der Waals surface area contributed by atoms with E-state index < -0.39 is 0 Å². The molecule has 0 saturated heterocycles. The fourth-order valence-corrected chi connectivity index (χ4v) is 4.77. The fourth-order valence-electron chi connectivity index (χ4n) is 2.77. The molecule has 0 amide bonds. The molecule has 0 bridgehead atoms. The highest BCUT2D eigenvalue weighted by Crippen LogP contribution is 2.39. The first-order valence-corrected chi connectivity index (χ1v) is 9.08. The Balaban J connectivity index is 1.81. The molecule has 0 saturated carbocycles. The zero-order valence-corrected chi connectivity index (χ0v) is 14.0. The smallest absolute Gasteiger partial charge is 0.0449 e. The van der Waals surface area contributed by atoms with Crippen LogP contribution in [0.2, 0.25) is 0 Å². The lowest BCUT2D eigenvalue weighted by molar-refractivity contribution is 1.44. The third-order valence-corrected chi connectivity index (χ3v) is 6.16. The van der Waals surface area contributed by atoms with Crippen LogP contribution >= 0.6 is 22.7 Å². The van der Waals surface area contributed by atoms with Crippen molar-refractivity contribution in [1.29, 1.82) is 0 Å². The number of hydrogen-bond donors (Lipinski definition) is 0. The minimum Gasteiger partial charge on any atom is -0.140 e. The highest BCUT2D eigenvalue weighted by molar-refractivity contribution is 7.23. The van der Waals surface area contributed by atoms with Gasteiger partial charge in [0.05, 0.1) is 0 Å². The Morgan fingerprint density at radius 2 is 1.55 bits per heavy atom. The van der Waals surface area contributed by atoms with E-state index in [0.717, 1.165) is 6.42 Å². The van der Waals surface area contributed by atoms with Gasteiger partial charge in [-0.15, -0.1) is 22.7 Å². The Kier molecular flexibility index (Phi) is 3.57. The van der Waals surface area contributed by atoms with Crippen molar-refractivity contribution in [3.8, 4) is 20.2 Å².